The van der Waals surface area contributed by atoms with Crippen LogP contribution in [-0.2, 0) is 16.0 Å². The Kier molecular flexibility index (Phi) is 3.19. The smallest absolute Gasteiger partial charge is 0.312 e. The lowest BCUT2D eigenvalue weighted by atomic mass is 9.75. The average molecular weight is 296 g/mol. The van der Waals surface area contributed by atoms with Gasteiger partial charge in [-0.05, 0) is 41.5 Å². The molecule has 0 amide bonds. The third-order valence-corrected chi connectivity index (χ3v) is 5.47. The van der Waals surface area contributed by atoms with Gasteiger partial charge in [-0.15, -0.1) is 0 Å². The van der Waals surface area contributed by atoms with E-state index in [1.165, 1.54) is 16.3 Å². The maximum Gasteiger partial charge on any atom is 0.312 e. The average Bonchev–Trinajstić information content (AvgIpc) is 3.04. The van der Waals surface area contributed by atoms with Gasteiger partial charge in [0.2, 0.25) is 0 Å². The monoisotopic (exact) mass is 296 g/mol. The van der Waals surface area contributed by atoms with Gasteiger partial charge in [-0.3, -0.25) is 4.79 Å². The summed E-state index contributed by atoms with van der Waals surface area (Å²) in [6.07, 6.45) is 2.37. The van der Waals surface area contributed by atoms with Crippen LogP contribution in [0.4, 0.5) is 0 Å². The van der Waals surface area contributed by atoms with Crippen LogP contribution in [0, 0.1) is 17.3 Å². The zero-order valence-electron chi connectivity index (χ0n) is 12.5. The molecule has 1 saturated heterocycles. The number of cyclic esters (lactones) is 1. The first-order valence-corrected chi connectivity index (χ1v) is 7.97. The Morgan fingerprint density at radius 3 is 2.82 bits per heavy atom. The number of carbonyl (C=O) groups excluding carboxylic acids is 1. The van der Waals surface area contributed by atoms with E-state index in [9.17, 15) is 9.90 Å². The van der Waals surface area contributed by atoms with Crippen molar-refractivity contribution in [2.24, 2.45) is 17.3 Å². The summed E-state index contributed by atoms with van der Waals surface area (Å²) in [7, 11) is 0. The van der Waals surface area contributed by atoms with Crippen molar-refractivity contribution in [3.05, 3.63) is 48.0 Å². The summed E-state index contributed by atoms with van der Waals surface area (Å²) in [5.74, 6) is 0.420. The fourth-order valence-electron chi connectivity index (χ4n) is 4.33. The number of ether oxygens (including phenoxy) is 1. The van der Waals surface area contributed by atoms with E-state index < -0.39 is 5.41 Å². The zero-order chi connectivity index (χ0) is 15.2. The van der Waals surface area contributed by atoms with Gasteiger partial charge in [0.05, 0.1) is 12.0 Å². The lowest BCUT2D eigenvalue weighted by molar-refractivity contribution is -0.146. The molecule has 0 aromatic heterocycles. The molecule has 1 saturated carbocycles. The van der Waals surface area contributed by atoms with E-state index in [4.69, 9.17) is 4.74 Å². The lowest BCUT2D eigenvalue weighted by Gasteiger charge is -2.24. The molecule has 0 bridgehead atoms. The number of rotatable bonds is 3. The third-order valence-electron chi connectivity index (χ3n) is 5.47. The van der Waals surface area contributed by atoms with Crippen molar-refractivity contribution < 1.29 is 14.6 Å². The van der Waals surface area contributed by atoms with E-state index >= 15 is 0 Å². The van der Waals surface area contributed by atoms with Crippen molar-refractivity contribution in [3.8, 4) is 0 Å². The van der Waals surface area contributed by atoms with E-state index in [-0.39, 0.29) is 24.4 Å². The fourth-order valence-corrected chi connectivity index (χ4v) is 4.33. The van der Waals surface area contributed by atoms with Crippen molar-refractivity contribution >= 4 is 16.7 Å². The summed E-state index contributed by atoms with van der Waals surface area (Å²) in [4.78, 5) is 12.4. The summed E-state index contributed by atoms with van der Waals surface area (Å²) >= 11 is 0. The maximum atomic E-state index is 12.4. The zero-order valence-corrected chi connectivity index (χ0v) is 12.5. The second-order valence-corrected chi connectivity index (χ2v) is 6.80. The van der Waals surface area contributed by atoms with Crippen LogP contribution in [0.3, 0.4) is 0 Å². The van der Waals surface area contributed by atoms with E-state index in [2.05, 4.69) is 30.3 Å². The molecule has 2 aromatic carbocycles. The van der Waals surface area contributed by atoms with Gasteiger partial charge in [0.1, 0.15) is 0 Å². The van der Waals surface area contributed by atoms with Crippen molar-refractivity contribution in [1.29, 1.82) is 0 Å². The third kappa shape index (κ3) is 2.03. The van der Waals surface area contributed by atoms with Gasteiger partial charge in [0.25, 0.3) is 0 Å². The van der Waals surface area contributed by atoms with Gasteiger partial charge in [0, 0.05) is 12.5 Å². The topological polar surface area (TPSA) is 46.5 Å². The highest BCUT2D eigenvalue weighted by atomic mass is 16.5. The summed E-state index contributed by atoms with van der Waals surface area (Å²) < 4.78 is 5.36. The summed E-state index contributed by atoms with van der Waals surface area (Å²) in [5.41, 5.74) is 0.761. The highest BCUT2D eigenvalue weighted by Crippen LogP contribution is 2.53. The van der Waals surface area contributed by atoms with Gasteiger partial charge in [-0.2, -0.15) is 0 Å². The molecule has 2 aliphatic rings. The number of aliphatic hydroxyl groups is 1. The molecule has 2 aromatic rings. The molecule has 3 nitrogen and oxygen atoms in total. The Balaban J connectivity index is 1.69. The number of benzene rings is 2. The lowest BCUT2D eigenvalue weighted by Crippen LogP contribution is -2.32. The van der Waals surface area contributed by atoms with E-state index in [1.807, 2.05) is 12.1 Å². The number of fused-ring (bicyclic) bond motifs is 2. The van der Waals surface area contributed by atoms with Crippen molar-refractivity contribution in [2.75, 3.05) is 13.2 Å². The highest BCUT2D eigenvalue weighted by molar-refractivity contribution is 5.84. The number of esters is 1. The van der Waals surface area contributed by atoms with Crippen LogP contribution >= 0.6 is 0 Å². The molecule has 0 radical (unpaired) electrons. The second-order valence-electron chi connectivity index (χ2n) is 6.80. The molecule has 3 heteroatoms. The van der Waals surface area contributed by atoms with Crippen LogP contribution in [0.2, 0.25) is 0 Å². The molecule has 1 N–H and O–H groups in total. The predicted molar refractivity (Wildman–Crippen MR) is 84.3 cm³/mol. The Hall–Kier alpha value is -1.87. The van der Waals surface area contributed by atoms with Crippen LogP contribution in [0.25, 0.3) is 10.8 Å². The SMILES string of the molecule is O=C1OCC2CC(CO)CC12Cc1ccc2ccccc2c1. The Morgan fingerprint density at radius 2 is 2.00 bits per heavy atom. The number of hydrogen-bond donors (Lipinski definition) is 1. The first-order valence-electron chi connectivity index (χ1n) is 7.97. The molecule has 3 unspecified atom stereocenters. The fraction of sp³-hybridized carbons (Fsp3) is 0.421. The van der Waals surface area contributed by atoms with E-state index in [0.717, 1.165) is 19.3 Å². The largest absolute Gasteiger partial charge is 0.465 e. The quantitative estimate of drug-likeness (QED) is 0.886. The molecule has 1 heterocycles. The molecule has 3 atom stereocenters. The Labute approximate surface area is 129 Å². The van der Waals surface area contributed by atoms with Gasteiger partial charge >= 0.3 is 5.97 Å². The van der Waals surface area contributed by atoms with E-state index in [0.29, 0.717) is 6.61 Å². The van der Waals surface area contributed by atoms with Crippen LogP contribution in [0.5, 0.6) is 0 Å². The first kappa shape index (κ1) is 13.8. The van der Waals surface area contributed by atoms with Gasteiger partial charge in [0.15, 0.2) is 0 Å². The standard InChI is InChI=1S/C19H20O3/c20-11-14-8-17-12-22-18(21)19(17,10-14)9-13-5-6-15-3-1-2-4-16(15)7-13/h1-7,14,17,20H,8-12H2. The molecular formula is C19H20O3. The second kappa shape index (κ2) is 5.10. The maximum absolute atomic E-state index is 12.4. The minimum absolute atomic E-state index is 0.0680. The molecule has 1 aliphatic carbocycles. The van der Waals surface area contributed by atoms with Crippen molar-refractivity contribution in [1.82, 2.24) is 0 Å². The minimum Gasteiger partial charge on any atom is -0.465 e. The van der Waals surface area contributed by atoms with Gasteiger partial charge < -0.3 is 9.84 Å². The summed E-state index contributed by atoms with van der Waals surface area (Å²) in [6, 6.07) is 14.7. The molecule has 22 heavy (non-hydrogen) atoms. The normalized spacial score (nSPS) is 30.5. The summed E-state index contributed by atoms with van der Waals surface area (Å²) in [6.45, 7) is 0.687. The Bertz CT molecular complexity index is 723. The Morgan fingerprint density at radius 1 is 1.18 bits per heavy atom. The predicted octanol–water partition coefficient (Wildman–Crippen LogP) is 2.94. The summed E-state index contributed by atoms with van der Waals surface area (Å²) in [5, 5.41) is 11.9. The van der Waals surface area contributed by atoms with Gasteiger partial charge in [-0.1, -0.05) is 42.5 Å². The van der Waals surface area contributed by atoms with Crippen LogP contribution in [-0.4, -0.2) is 24.3 Å². The number of aliphatic hydroxyl groups excluding tert-OH is 1. The van der Waals surface area contributed by atoms with E-state index in [1.54, 1.807) is 0 Å². The minimum atomic E-state index is -0.421. The molecule has 2 fully saturated rings. The van der Waals surface area contributed by atoms with Crippen molar-refractivity contribution in [2.45, 2.75) is 19.3 Å². The van der Waals surface area contributed by atoms with Crippen LogP contribution < -0.4 is 0 Å². The molecule has 114 valence electrons. The first-order chi connectivity index (χ1) is 10.7. The molecule has 4 rings (SSSR count). The number of hydrogen-bond acceptors (Lipinski definition) is 3. The molecule has 1 aliphatic heterocycles. The molecular weight excluding hydrogens is 276 g/mol. The van der Waals surface area contributed by atoms with Crippen LogP contribution in [0.15, 0.2) is 42.5 Å². The highest BCUT2D eigenvalue weighted by Gasteiger charge is 2.57. The number of carbonyl (C=O) groups is 1. The van der Waals surface area contributed by atoms with Crippen LogP contribution in [0.1, 0.15) is 18.4 Å². The molecule has 0 spiro atoms. The van der Waals surface area contributed by atoms with Crippen molar-refractivity contribution in [3.63, 3.8) is 0 Å². The van der Waals surface area contributed by atoms with Gasteiger partial charge in [-0.25, -0.2) is 0 Å².